The normalized spacial score (nSPS) is 33.0. The Labute approximate surface area is 114 Å². The van der Waals surface area contributed by atoms with E-state index in [0.717, 1.165) is 12.0 Å². The summed E-state index contributed by atoms with van der Waals surface area (Å²) in [6, 6.07) is 1.22. The minimum atomic E-state index is 0.494. The maximum atomic E-state index is 5.97. The first-order valence-corrected chi connectivity index (χ1v) is 7.84. The molecule has 1 heterocycles. The van der Waals surface area contributed by atoms with E-state index in [0.29, 0.717) is 11.5 Å². The molecule has 0 amide bonds. The van der Waals surface area contributed by atoms with Crippen LogP contribution >= 0.6 is 0 Å². The van der Waals surface area contributed by atoms with Gasteiger partial charge >= 0.3 is 0 Å². The summed E-state index contributed by atoms with van der Waals surface area (Å²) in [5, 5.41) is 0. The minimum Gasteiger partial charge on any atom is -0.328 e. The molecule has 2 heteroatoms. The van der Waals surface area contributed by atoms with Crippen LogP contribution in [0, 0.1) is 11.3 Å². The van der Waals surface area contributed by atoms with Gasteiger partial charge in [0.1, 0.15) is 0 Å². The second-order valence-corrected chi connectivity index (χ2v) is 7.38. The van der Waals surface area contributed by atoms with Crippen molar-refractivity contribution in [2.24, 2.45) is 17.1 Å². The smallest absolute Gasteiger partial charge is 0.00412 e. The fraction of sp³-hybridized carbons (Fsp3) is 1.00. The number of rotatable bonds is 1. The zero-order chi connectivity index (χ0) is 13.8. The van der Waals surface area contributed by atoms with E-state index in [1.807, 2.05) is 0 Å². The number of hydrogen-bond donors (Lipinski definition) is 1. The highest BCUT2D eigenvalue weighted by atomic mass is 15.2. The molecule has 1 aliphatic heterocycles. The Bertz CT molecular complexity index is 224. The quantitative estimate of drug-likeness (QED) is 0.774. The lowest BCUT2D eigenvalue weighted by atomic mass is 9.72. The third-order valence-electron chi connectivity index (χ3n) is 4.29. The Morgan fingerprint density at radius 1 is 1.00 bits per heavy atom. The Hall–Kier alpha value is -0.0800. The van der Waals surface area contributed by atoms with Crippen LogP contribution in [0.15, 0.2) is 0 Å². The lowest BCUT2D eigenvalue weighted by Gasteiger charge is -2.36. The number of nitrogens with zero attached hydrogens (tertiary/aromatic N) is 1. The monoisotopic (exact) mass is 254 g/mol. The highest BCUT2D eigenvalue weighted by Crippen LogP contribution is 2.43. The summed E-state index contributed by atoms with van der Waals surface area (Å²) in [4.78, 5) is 2.64. The highest BCUT2D eigenvalue weighted by Gasteiger charge is 2.40. The first-order valence-electron chi connectivity index (χ1n) is 7.84. The van der Waals surface area contributed by atoms with E-state index in [-0.39, 0.29) is 0 Å². The average Bonchev–Trinajstić information content (AvgIpc) is 2.67. The zero-order valence-corrected chi connectivity index (χ0v) is 13.2. The van der Waals surface area contributed by atoms with Gasteiger partial charge in [-0.15, -0.1) is 0 Å². The molecule has 2 fully saturated rings. The van der Waals surface area contributed by atoms with E-state index in [2.05, 4.69) is 39.5 Å². The van der Waals surface area contributed by atoms with Gasteiger partial charge in [0.15, 0.2) is 0 Å². The summed E-state index contributed by atoms with van der Waals surface area (Å²) < 4.78 is 0. The van der Waals surface area contributed by atoms with Crippen molar-refractivity contribution in [1.29, 1.82) is 0 Å². The van der Waals surface area contributed by atoms with Crippen LogP contribution in [-0.4, -0.2) is 30.1 Å². The molecule has 2 nitrogen and oxygen atoms in total. The van der Waals surface area contributed by atoms with Crippen molar-refractivity contribution in [3.63, 3.8) is 0 Å². The van der Waals surface area contributed by atoms with E-state index in [4.69, 9.17) is 5.73 Å². The zero-order valence-electron chi connectivity index (χ0n) is 13.2. The third-order valence-corrected chi connectivity index (χ3v) is 4.29. The molecule has 2 rings (SSSR count). The van der Waals surface area contributed by atoms with E-state index in [1.54, 1.807) is 0 Å². The summed E-state index contributed by atoms with van der Waals surface area (Å²) in [5.74, 6) is 0.833. The van der Waals surface area contributed by atoms with E-state index >= 15 is 0 Å². The second kappa shape index (κ2) is 6.91. The van der Waals surface area contributed by atoms with Gasteiger partial charge in [-0.25, -0.2) is 0 Å². The van der Waals surface area contributed by atoms with Gasteiger partial charge in [0.05, 0.1) is 0 Å². The van der Waals surface area contributed by atoms with E-state index in [1.165, 1.54) is 45.2 Å². The van der Waals surface area contributed by atoms with Crippen LogP contribution < -0.4 is 5.73 Å². The van der Waals surface area contributed by atoms with Crippen molar-refractivity contribution >= 4 is 0 Å². The van der Waals surface area contributed by atoms with Gasteiger partial charge in [-0.2, -0.15) is 0 Å². The van der Waals surface area contributed by atoms with Gasteiger partial charge in [0, 0.05) is 18.6 Å². The number of hydrogen-bond acceptors (Lipinski definition) is 2. The first kappa shape index (κ1) is 16.0. The van der Waals surface area contributed by atoms with Gasteiger partial charge in [-0.3, -0.25) is 0 Å². The van der Waals surface area contributed by atoms with Crippen LogP contribution in [0.3, 0.4) is 0 Å². The molecule has 108 valence electrons. The van der Waals surface area contributed by atoms with Crippen LogP contribution in [0.4, 0.5) is 0 Å². The molecule has 0 unspecified atom stereocenters. The molecular formula is C16H34N2. The number of nitrogens with two attached hydrogens (primary N) is 1. The Morgan fingerprint density at radius 3 is 1.89 bits per heavy atom. The second-order valence-electron chi connectivity index (χ2n) is 7.38. The van der Waals surface area contributed by atoms with Crippen molar-refractivity contribution in [3.05, 3.63) is 0 Å². The molecule has 0 aromatic heterocycles. The van der Waals surface area contributed by atoms with Crippen molar-refractivity contribution in [2.75, 3.05) is 13.1 Å². The van der Waals surface area contributed by atoms with Crippen molar-refractivity contribution in [3.8, 4) is 0 Å². The largest absolute Gasteiger partial charge is 0.328 e. The predicted octanol–water partition coefficient (Wildman–Crippen LogP) is 3.65. The van der Waals surface area contributed by atoms with Gasteiger partial charge < -0.3 is 10.6 Å². The van der Waals surface area contributed by atoms with E-state index < -0.39 is 0 Å². The van der Waals surface area contributed by atoms with Crippen LogP contribution in [0.1, 0.15) is 66.7 Å². The molecule has 0 bridgehead atoms. The van der Waals surface area contributed by atoms with Gasteiger partial charge in [0.25, 0.3) is 0 Å². The van der Waals surface area contributed by atoms with Crippen LogP contribution in [0.25, 0.3) is 0 Å². The fourth-order valence-electron chi connectivity index (χ4n) is 3.07. The fourth-order valence-corrected chi connectivity index (χ4v) is 3.07. The van der Waals surface area contributed by atoms with Crippen molar-refractivity contribution in [1.82, 2.24) is 4.90 Å². The van der Waals surface area contributed by atoms with Gasteiger partial charge in [-0.1, -0.05) is 20.8 Å². The van der Waals surface area contributed by atoms with Crippen molar-refractivity contribution < 1.29 is 0 Å². The molecular weight excluding hydrogens is 220 g/mol. The summed E-state index contributed by atoms with van der Waals surface area (Å²) in [6.07, 6.45) is 6.67. The maximum absolute atomic E-state index is 5.97. The summed E-state index contributed by atoms with van der Waals surface area (Å²) in [6.45, 7) is 13.8. The maximum Gasteiger partial charge on any atom is 0.00412 e. The van der Waals surface area contributed by atoms with E-state index in [9.17, 15) is 0 Å². The summed E-state index contributed by atoms with van der Waals surface area (Å²) in [7, 11) is 0. The molecule has 2 aliphatic rings. The third kappa shape index (κ3) is 4.89. The molecule has 1 saturated carbocycles. The van der Waals surface area contributed by atoms with Gasteiger partial charge in [-0.05, 0) is 63.8 Å². The summed E-state index contributed by atoms with van der Waals surface area (Å²) in [5.41, 5.74) is 6.62. The van der Waals surface area contributed by atoms with Crippen molar-refractivity contribution in [2.45, 2.75) is 78.8 Å². The lowest BCUT2D eigenvalue weighted by molar-refractivity contribution is 0.162. The minimum absolute atomic E-state index is 0.494. The topological polar surface area (TPSA) is 29.3 Å². The molecule has 0 aromatic carbocycles. The molecule has 18 heavy (non-hydrogen) atoms. The average molecular weight is 254 g/mol. The molecule has 0 aromatic rings. The molecule has 2 N–H and O–H groups in total. The summed E-state index contributed by atoms with van der Waals surface area (Å²) >= 11 is 0. The molecule has 0 radical (unpaired) electrons. The van der Waals surface area contributed by atoms with Crippen LogP contribution in [0.5, 0.6) is 0 Å². The Morgan fingerprint density at radius 2 is 1.50 bits per heavy atom. The Balaban J connectivity index is 0.000000357. The first-order chi connectivity index (χ1) is 8.34. The highest BCUT2D eigenvalue weighted by molar-refractivity contribution is 4.94. The number of likely N-dealkylation sites (tertiary alicyclic amines) is 1. The standard InChI is InChI=1S/C12H24N2.C4H10/c1-10(2)14-8-7-12(9-14)5-3-11(13)4-6-12;1-4(2)3/h10-11H,3-9,13H2,1-2H3;4H,1-3H3. The molecule has 0 atom stereocenters. The van der Waals surface area contributed by atoms with Crippen LogP contribution in [-0.2, 0) is 0 Å². The molecule has 1 spiro atoms. The Kier molecular flexibility index (Phi) is 6.13. The SMILES string of the molecule is CC(C)C.CC(C)N1CCC2(CCC(N)CC2)C1. The lowest BCUT2D eigenvalue weighted by Crippen LogP contribution is -2.37. The molecule has 1 aliphatic carbocycles. The van der Waals surface area contributed by atoms with Gasteiger partial charge in [0.2, 0.25) is 0 Å². The predicted molar refractivity (Wildman–Crippen MR) is 80.7 cm³/mol. The molecule has 1 saturated heterocycles. The van der Waals surface area contributed by atoms with Crippen LogP contribution in [0.2, 0.25) is 0 Å².